The number of hydrogen-bond donors (Lipinski definition) is 0. The molecular formula is C18H20FNO2S. The van der Waals surface area contributed by atoms with Crippen LogP contribution in [0.25, 0.3) is 0 Å². The lowest BCUT2D eigenvalue weighted by Crippen LogP contribution is -2.26. The molecule has 0 aliphatic heterocycles. The molecule has 0 aliphatic carbocycles. The van der Waals surface area contributed by atoms with Crippen LogP contribution >= 0.6 is 11.3 Å². The first-order valence-electron chi connectivity index (χ1n) is 7.45. The van der Waals surface area contributed by atoms with Crippen LogP contribution < -0.4 is 0 Å². The first-order valence-corrected chi connectivity index (χ1v) is 8.27. The standard InChI is InChI=1S/C18H20FNO2S/c1-12-9-16(13(2)23-12)17(21)7-8-18(22)20(3)11-14-5-4-6-15(19)10-14/h4-6,9-10H,7-8,11H2,1-3H3. The van der Waals surface area contributed by atoms with Crippen LogP contribution in [0.3, 0.4) is 0 Å². The average Bonchev–Trinajstić information content (AvgIpc) is 2.83. The Labute approximate surface area is 139 Å². The highest BCUT2D eigenvalue weighted by Crippen LogP contribution is 2.22. The molecule has 1 heterocycles. The van der Waals surface area contributed by atoms with Crippen LogP contribution in [0.5, 0.6) is 0 Å². The van der Waals surface area contributed by atoms with E-state index in [1.807, 2.05) is 19.9 Å². The van der Waals surface area contributed by atoms with Crippen molar-refractivity contribution >= 4 is 23.0 Å². The third-order valence-corrected chi connectivity index (χ3v) is 4.61. The molecule has 0 aliphatic rings. The second-order valence-electron chi connectivity index (χ2n) is 5.63. The SMILES string of the molecule is Cc1cc(C(=O)CCC(=O)N(C)Cc2cccc(F)c2)c(C)s1. The van der Waals surface area contributed by atoms with Gasteiger partial charge in [-0.25, -0.2) is 4.39 Å². The lowest BCUT2D eigenvalue weighted by molar-refractivity contribution is -0.130. The molecule has 0 unspecified atom stereocenters. The number of rotatable bonds is 6. The second-order valence-corrected chi connectivity index (χ2v) is 7.09. The molecule has 0 saturated carbocycles. The van der Waals surface area contributed by atoms with Crippen molar-refractivity contribution in [1.82, 2.24) is 4.90 Å². The van der Waals surface area contributed by atoms with Crippen molar-refractivity contribution in [3.63, 3.8) is 0 Å². The maximum absolute atomic E-state index is 13.2. The molecule has 2 aromatic rings. The van der Waals surface area contributed by atoms with Gasteiger partial charge in [-0.1, -0.05) is 12.1 Å². The van der Waals surface area contributed by atoms with Crippen molar-refractivity contribution < 1.29 is 14.0 Å². The van der Waals surface area contributed by atoms with Gasteiger partial charge in [0.1, 0.15) is 5.82 Å². The first kappa shape index (κ1) is 17.3. The first-order chi connectivity index (χ1) is 10.9. The van der Waals surface area contributed by atoms with Crippen LogP contribution in [-0.2, 0) is 11.3 Å². The summed E-state index contributed by atoms with van der Waals surface area (Å²) < 4.78 is 13.2. The van der Waals surface area contributed by atoms with E-state index in [1.165, 1.54) is 17.0 Å². The van der Waals surface area contributed by atoms with E-state index < -0.39 is 0 Å². The van der Waals surface area contributed by atoms with E-state index in [0.29, 0.717) is 12.1 Å². The number of Topliss-reactive ketones (excluding diaryl/α,β-unsaturated/α-hetero) is 1. The molecule has 1 amide bonds. The molecule has 0 saturated heterocycles. The average molecular weight is 333 g/mol. The molecule has 2 rings (SSSR count). The summed E-state index contributed by atoms with van der Waals surface area (Å²) in [7, 11) is 1.66. The van der Waals surface area contributed by atoms with Crippen molar-refractivity contribution in [1.29, 1.82) is 0 Å². The number of carbonyl (C=O) groups excluding carboxylic acids is 2. The van der Waals surface area contributed by atoms with Gasteiger partial charge in [-0.15, -0.1) is 11.3 Å². The zero-order chi connectivity index (χ0) is 17.0. The number of halogens is 1. The summed E-state index contributed by atoms with van der Waals surface area (Å²) in [4.78, 5) is 27.9. The molecular weight excluding hydrogens is 313 g/mol. The van der Waals surface area contributed by atoms with Crippen LogP contribution in [0.4, 0.5) is 4.39 Å². The van der Waals surface area contributed by atoms with Gasteiger partial charge in [0.2, 0.25) is 5.91 Å². The van der Waals surface area contributed by atoms with Crippen molar-refractivity contribution in [3.8, 4) is 0 Å². The highest BCUT2D eigenvalue weighted by Gasteiger charge is 2.16. The molecule has 0 N–H and O–H groups in total. The lowest BCUT2D eigenvalue weighted by Gasteiger charge is -2.17. The van der Waals surface area contributed by atoms with Crippen LogP contribution in [0.1, 0.15) is 38.5 Å². The van der Waals surface area contributed by atoms with Gasteiger partial charge in [0.25, 0.3) is 0 Å². The normalized spacial score (nSPS) is 10.6. The van der Waals surface area contributed by atoms with Gasteiger partial charge in [-0.05, 0) is 37.6 Å². The highest BCUT2D eigenvalue weighted by molar-refractivity contribution is 7.12. The summed E-state index contributed by atoms with van der Waals surface area (Å²) >= 11 is 1.59. The van der Waals surface area contributed by atoms with Gasteiger partial charge in [0.05, 0.1) is 0 Å². The summed E-state index contributed by atoms with van der Waals surface area (Å²) in [6.45, 7) is 4.22. The predicted molar refractivity (Wildman–Crippen MR) is 90.2 cm³/mol. The Morgan fingerprint density at radius 2 is 1.91 bits per heavy atom. The second kappa shape index (κ2) is 7.51. The molecule has 5 heteroatoms. The Hall–Kier alpha value is -2.01. The maximum Gasteiger partial charge on any atom is 0.223 e. The molecule has 3 nitrogen and oxygen atoms in total. The van der Waals surface area contributed by atoms with Crippen molar-refractivity contribution in [2.24, 2.45) is 0 Å². The summed E-state index contributed by atoms with van der Waals surface area (Å²) in [5, 5.41) is 0. The smallest absolute Gasteiger partial charge is 0.223 e. The van der Waals surface area contributed by atoms with Gasteiger partial charge in [-0.3, -0.25) is 9.59 Å². The Morgan fingerprint density at radius 1 is 1.17 bits per heavy atom. The lowest BCUT2D eigenvalue weighted by atomic mass is 10.1. The number of ketones is 1. The topological polar surface area (TPSA) is 37.4 Å². The largest absolute Gasteiger partial charge is 0.341 e. The van der Waals surface area contributed by atoms with Crippen LogP contribution in [0.15, 0.2) is 30.3 Å². The maximum atomic E-state index is 13.2. The third kappa shape index (κ3) is 4.73. The number of hydrogen-bond acceptors (Lipinski definition) is 3. The highest BCUT2D eigenvalue weighted by atomic mass is 32.1. The Morgan fingerprint density at radius 3 is 2.52 bits per heavy atom. The number of amides is 1. The van der Waals surface area contributed by atoms with E-state index in [0.717, 1.165) is 15.3 Å². The van der Waals surface area contributed by atoms with Crippen molar-refractivity contribution in [2.45, 2.75) is 33.2 Å². The van der Waals surface area contributed by atoms with E-state index in [-0.39, 0.29) is 30.3 Å². The molecule has 0 fully saturated rings. The molecule has 0 bridgehead atoms. The minimum atomic E-state index is -0.318. The minimum Gasteiger partial charge on any atom is -0.341 e. The Kier molecular flexibility index (Phi) is 5.66. The molecule has 0 spiro atoms. The number of nitrogens with zero attached hydrogens (tertiary/aromatic N) is 1. The molecule has 1 aromatic carbocycles. The molecule has 0 radical (unpaired) electrons. The zero-order valence-corrected chi connectivity index (χ0v) is 14.4. The van der Waals surface area contributed by atoms with Gasteiger partial charge < -0.3 is 4.90 Å². The van der Waals surface area contributed by atoms with Gasteiger partial charge >= 0.3 is 0 Å². The van der Waals surface area contributed by atoms with Gasteiger partial charge in [-0.2, -0.15) is 0 Å². The fourth-order valence-electron chi connectivity index (χ4n) is 2.45. The van der Waals surface area contributed by atoms with Crippen LogP contribution in [-0.4, -0.2) is 23.6 Å². The summed E-state index contributed by atoms with van der Waals surface area (Å²) in [6, 6.07) is 8.05. The van der Waals surface area contributed by atoms with E-state index >= 15 is 0 Å². The van der Waals surface area contributed by atoms with Crippen molar-refractivity contribution in [3.05, 3.63) is 57.0 Å². The van der Waals surface area contributed by atoms with E-state index in [2.05, 4.69) is 0 Å². The number of carbonyl (C=O) groups is 2. The quantitative estimate of drug-likeness (QED) is 0.746. The molecule has 0 atom stereocenters. The number of thiophene rings is 1. The molecule has 122 valence electrons. The van der Waals surface area contributed by atoms with E-state index in [1.54, 1.807) is 30.5 Å². The van der Waals surface area contributed by atoms with Crippen LogP contribution in [0.2, 0.25) is 0 Å². The van der Waals surface area contributed by atoms with E-state index in [9.17, 15) is 14.0 Å². The number of aryl methyl sites for hydroxylation is 2. The zero-order valence-electron chi connectivity index (χ0n) is 13.6. The molecule has 23 heavy (non-hydrogen) atoms. The Balaban J connectivity index is 1.89. The third-order valence-electron chi connectivity index (χ3n) is 3.64. The minimum absolute atomic E-state index is 0.000597. The van der Waals surface area contributed by atoms with E-state index in [4.69, 9.17) is 0 Å². The van der Waals surface area contributed by atoms with Crippen LogP contribution in [0, 0.1) is 19.7 Å². The summed E-state index contributed by atoms with van der Waals surface area (Å²) in [5.41, 5.74) is 1.45. The monoisotopic (exact) mass is 333 g/mol. The van der Waals surface area contributed by atoms with Gasteiger partial charge in [0.15, 0.2) is 5.78 Å². The number of benzene rings is 1. The van der Waals surface area contributed by atoms with Gasteiger partial charge in [0, 0.05) is 41.8 Å². The predicted octanol–water partition coefficient (Wildman–Crippen LogP) is 4.13. The summed E-state index contributed by atoms with van der Waals surface area (Å²) in [6.07, 6.45) is 0.363. The van der Waals surface area contributed by atoms with Crippen molar-refractivity contribution in [2.75, 3.05) is 7.05 Å². The Bertz CT molecular complexity index is 724. The molecule has 1 aromatic heterocycles. The summed E-state index contributed by atoms with van der Waals surface area (Å²) in [5.74, 6) is -0.437. The fraction of sp³-hybridized carbons (Fsp3) is 0.333. The fourth-order valence-corrected chi connectivity index (χ4v) is 3.39.